The molecule has 1 amide bonds. The maximum Gasteiger partial charge on any atom is 0.253 e. The van der Waals surface area contributed by atoms with Crippen LogP contribution in [0.5, 0.6) is 11.5 Å². The van der Waals surface area contributed by atoms with Crippen molar-refractivity contribution in [3.8, 4) is 11.5 Å². The van der Waals surface area contributed by atoms with Crippen LogP contribution in [0.2, 0.25) is 0 Å². The molecule has 148 valence electrons. The Balaban J connectivity index is 1.40. The lowest BCUT2D eigenvalue weighted by atomic mass is 10.0. The Hall–Kier alpha value is -2.33. The second-order valence-electron chi connectivity index (χ2n) is 8.59. The summed E-state index contributed by atoms with van der Waals surface area (Å²) >= 11 is 0. The van der Waals surface area contributed by atoms with Crippen molar-refractivity contribution in [2.45, 2.75) is 37.8 Å². The molecule has 0 radical (unpaired) electrons. The van der Waals surface area contributed by atoms with Gasteiger partial charge in [0, 0.05) is 24.7 Å². The van der Waals surface area contributed by atoms with E-state index in [0.717, 1.165) is 30.4 Å². The van der Waals surface area contributed by atoms with Crippen molar-refractivity contribution in [2.75, 3.05) is 21.1 Å². The molecule has 2 aliphatic rings. The van der Waals surface area contributed by atoms with Crippen LogP contribution in [0.25, 0.3) is 0 Å². The minimum atomic E-state index is 0.0904. The summed E-state index contributed by atoms with van der Waals surface area (Å²) in [7, 11) is 6.33. The van der Waals surface area contributed by atoms with Gasteiger partial charge >= 0.3 is 0 Å². The van der Waals surface area contributed by atoms with E-state index in [1.807, 2.05) is 66.5 Å². The fourth-order valence-electron chi connectivity index (χ4n) is 4.98. The fourth-order valence-corrected chi connectivity index (χ4v) is 4.98. The molecule has 0 aromatic heterocycles. The summed E-state index contributed by atoms with van der Waals surface area (Å²) in [6.45, 7) is 0. The van der Waals surface area contributed by atoms with Gasteiger partial charge in [0.25, 0.3) is 5.91 Å². The van der Waals surface area contributed by atoms with E-state index in [9.17, 15) is 4.79 Å². The average Bonchev–Trinajstić information content (AvgIpc) is 3.27. The molecule has 0 N–H and O–H groups in total. The Morgan fingerprint density at radius 2 is 1.43 bits per heavy atom. The molecule has 4 atom stereocenters. The van der Waals surface area contributed by atoms with E-state index in [2.05, 4.69) is 19.0 Å². The van der Waals surface area contributed by atoms with Gasteiger partial charge in [-0.25, -0.2) is 0 Å². The maximum absolute atomic E-state index is 13.1. The van der Waals surface area contributed by atoms with Crippen molar-refractivity contribution in [3.05, 3.63) is 60.2 Å². The molecule has 2 aromatic carbocycles. The van der Waals surface area contributed by atoms with Crippen molar-refractivity contribution in [1.29, 1.82) is 0 Å². The molecule has 4 rings (SSSR count). The van der Waals surface area contributed by atoms with Gasteiger partial charge < -0.3 is 14.5 Å². The highest BCUT2D eigenvalue weighted by Crippen LogP contribution is 2.46. The molecule has 0 spiro atoms. The number of nitrogens with zero attached hydrogens (tertiary/aromatic N) is 2. The highest BCUT2D eigenvalue weighted by Gasteiger charge is 2.44. The van der Waals surface area contributed by atoms with Crippen LogP contribution in [0, 0.1) is 11.8 Å². The lowest BCUT2D eigenvalue weighted by Crippen LogP contribution is -2.36. The molecule has 4 heteroatoms. The normalized spacial score (nSPS) is 26.3. The maximum atomic E-state index is 13.1. The molecule has 0 aliphatic heterocycles. The highest BCUT2D eigenvalue weighted by atomic mass is 16.5. The molecule has 2 aromatic rings. The Morgan fingerprint density at radius 3 is 2.07 bits per heavy atom. The van der Waals surface area contributed by atoms with Gasteiger partial charge in [-0.15, -0.1) is 0 Å². The van der Waals surface area contributed by atoms with E-state index < -0.39 is 0 Å². The molecule has 0 heterocycles. The summed E-state index contributed by atoms with van der Waals surface area (Å²) in [6, 6.07) is 18.3. The van der Waals surface area contributed by atoms with Gasteiger partial charge in [-0.05, 0) is 81.9 Å². The monoisotopic (exact) mass is 378 g/mol. The standard InChI is InChI=1S/C24H30N2O2/c1-25(2)20-12-18-14-21(15-19(18)13-20)26(3)24(27)17-8-7-11-23(16-17)28-22-9-5-4-6-10-22/h4-11,16,18-21H,12-15H2,1-3H3/t18-,19+,20?,21?. The van der Waals surface area contributed by atoms with Crippen LogP contribution in [0.3, 0.4) is 0 Å². The zero-order chi connectivity index (χ0) is 19.7. The quantitative estimate of drug-likeness (QED) is 0.758. The minimum Gasteiger partial charge on any atom is -0.457 e. The molecular weight excluding hydrogens is 348 g/mol. The zero-order valence-corrected chi connectivity index (χ0v) is 17.0. The Morgan fingerprint density at radius 1 is 0.821 bits per heavy atom. The molecule has 0 bridgehead atoms. The smallest absolute Gasteiger partial charge is 0.253 e. The average molecular weight is 379 g/mol. The van der Waals surface area contributed by atoms with E-state index in [1.54, 1.807) is 0 Å². The van der Waals surface area contributed by atoms with Crippen LogP contribution in [-0.4, -0.2) is 48.9 Å². The molecule has 2 unspecified atom stereocenters. The highest BCUT2D eigenvalue weighted by molar-refractivity contribution is 5.94. The number of hydrogen-bond donors (Lipinski definition) is 0. The number of carbonyl (C=O) groups excluding carboxylic acids is 1. The molecule has 2 fully saturated rings. The number of hydrogen-bond acceptors (Lipinski definition) is 3. The Bertz CT molecular complexity index is 806. The van der Waals surface area contributed by atoms with E-state index >= 15 is 0 Å². The minimum absolute atomic E-state index is 0.0904. The molecule has 0 saturated heterocycles. The largest absolute Gasteiger partial charge is 0.457 e. The van der Waals surface area contributed by atoms with Gasteiger partial charge in [0.1, 0.15) is 11.5 Å². The van der Waals surface area contributed by atoms with Gasteiger partial charge in [0.2, 0.25) is 0 Å². The van der Waals surface area contributed by atoms with Crippen molar-refractivity contribution >= 4 is 5.91 Å². The Labute approximate surface area is 168 Å². The van der Waals surface area contributed by atoms with Crippen molar-refractivity contribution in [1.82, 2.24) is 9.80 Å². The predicted molar refractivity (Wildman–Crippen MR) is 112 cm³/mol. The molecule has 2 saturated carbocycles. The van der Waals surface area contributed by atoms with Crippen LogP contribution < -0.4 is 4.74 Å². The predicted octanol–water partition coefficient (Wildman–Crippen LogP) is 4.67. The lowest BCUT2D eigenvalue weighted by Gasteiger charge is -2.27. The van der Waals surface area contributed by atoms with E-state index in [4.69, 9.17) is 4.74 Å². The second kappa shape index (κ2) is 7.96. The van der Waals surface area contributed by atoms with Crippen LogP contribution in [0.15, 0.2) is 54.6 Å². The lowest BCUT2D eigenvalue weighted by molar-refractivity contribution is 0.0726. The van der Waals surface area contributed by atoms with E-state index in [-0.39, 0.29) is 5.91 Å². The van der Waals surface area contributed by atoms with Gasteiger partial charge in [0.15, 0.2) is 0 Å². The van der Waals surface area contributed by atoms with Gasteiger partial charge in [-0.1, -0.05) is 24.3 Å². The summed E-state index contributed by atoms with van der Waals surface area (Å²) in [4.78, 5) is 17.4. The SMILES string of the molecule is CN(C)C1C[C@@H]2CC(N(C)C(=O)c3cccc(Oc4ccccc4)c3)C[C@@H]2C1. The van der Waals surface area contributed by atoms with Crippen LogP contribution in [-0.2, 0) is 0 Å². The van der Waals surface area contributed by atoms with E-state index in [1.165, 1.54) is 12.8 Å². The Kier molecular flexibility index (Phi) is 5.40. The third-order valence-corrected chi connectivity index (χ3v) is 6.62. The van der Waals surface area contributed by atoms with E-state index in [0.29, 0.717) is 23.4 Å². The first-order chi connectivity index (χ1) is 13.5. The summed E-state index contributed by atoms with van der Waals surface area (Å²) in [5.41, 5.74) is 0.694. The van der Waals surface area contributed by atoms with Crippen LogP contribution >= 0.6 is 0 Å². The number of amides is 1. The van der Waals surface area contributed by atoms with Crippen molar-refractivity contribution in [2.24, 2.45) is 11.8 Å². The molecule has 2 aliphatic carbocycles. The number of carbonyl (C=O) groups is 1. The summed E-state index contributed by atoms with van der Waals surface area (Å²) in [5.74, 6) is 3.09. The van der Waals surface area contributed by atoms with Crippen LogP contribution in [0.4, 0.5) is 0 Å². The zero-order valence-electron chi connectivity index (χ0n) is 17.0. The number of benzene rings is 2. The number of fused-ring (bicyclic) bond motifs is 1. The number of rotatable bonds is 5. The summed E-state index contributed by atoms with van der Waals surface area (Å²) < 4.78 is 5.89. The third kappa shape index (κ3) is 3.93. The summed E-state index contributed by atoms with van der Waals surface area (Å²) in [6.07, 6.45) is 4.82. The molecular formula is C24H30N2O2. The third-order valence-electron chi connectivity index (χ3n) is 6.62. The first-order valence-corrected chi connectivity index (χ1v) is 10.3. The summed E-state index contributed by atoms with van der Waals surface area (Å²) in [5, 5.41) is 0. The fraction of sp³-hybridized carbons (Fsp3) is 0.458. The number of ether oxygens (including phenoxy) is 1. The van der Waals surface area contributed by atoms with Crippen molar-refractivity contribution in [3.63, 3.8) is 0 Å². The van der Waals surface area contributed by atoms with Gasteiger partial charge in [-0.2, -0.15) is 0 Å². The molecule has 4 nitrogen and oxygen atoms in total. The van der Waals surface area contributed by atoms with Gasteiger partial charge in [0.05, 0.1) is 0 Å². The first-order valence-electron chi connectivity index (χ1n) is 10.3. The topological polar surface area (TPSA) is 32.8 Å². The van der Waals surface area contributed by atoms with Crippen molar-refractivity contribution < 1.29 is 9.53 Å². The number of para-hydroxylation sites is 1. The molecule has 28 heavy (non-hydrogen) atoms. The second-order valence-corrected chi connectivity index (χ2v) is 8.59. The van der Waals surface area contributed by atoms with Gasteiger partial charge in [-0.3, -0.25) is 4.79 Å². The first kappa shape index (κ1) is 19.0. The van der Waals surface area contributed by atoms with Crippen LogP contribution in [0.1, 0.15) is 36.0 Å².